The molecule has 1 aromatic rings. The number of rotatable bonds is 9. The fourth-order valence-corrected chi connectivity index (χ4v) is 2.62. The summed E-state index contributed by atoms with van der Waals surface area (Å²) in [6.07, 6.45) is 1.12. The Balaban J connectivity index is 0.000000387. The van der Waals surface area contributed by atoms with Crippen LogP contribution in [0.4, 0.5) is 0 Å². The van der Waals surface area contributed by atoms with Gasteiger partial charge in [0.25, 0.3) is 0 Å². The van der Waals surface area contributed by atoms with Gasteiger partial charge < -0.3 is 24.6 Å². The van der Waals surface area contributed by atoms with Gasteiger partial charge in [-0.3, -0.25) is 0 Å². The minimum atomic E-state index is -1.26. The minimum absolute atomic E-state index is 0.175. The third kappa shape index (κ3) is 8.23. The van der Waals surface area contributed by atoms with E-state index in [1.165, 1.54) is 5.56 Å². The molecule has 0 spiro atoms. The molecule has 1 heterocycles. The van der Waals surface area contributed by atoms with Crippen LogP contribution >= 0.6 is 0 Å². The molecule has 0 unspecified atom stereocenters. The van der Waals surface area contributed by atoms with Gasteiger partial charge in [-0.05, 0) is 31.6 Å². The molecule has 150 valence electrons. The first-order valence-corrected chi connectivity index (χ1v) is 8.94. The molecule has 1 aromatic carbocycles. The molecule has 1 saturated heterocycles. The molecular formula is C20H29NO6. The molecule has 27 heavy (non-hydrogen) atoms. The number of benzene rings is 1. The summed E-state index contributed by atoms with van der Waals surface area (Å²) >= 11 is 0. The van der Waals surface area contributed by atoms with Crippen molar-refractivity contribution in [3.05, 3.63) is 42.0 Å². The second-order valence-electron chi connectivity index (χ2n) is 6.52. The first-order chi connectivity index (χ1) is 12.8. The maximum Gasteiger partial charge on any atom is 0.328 e. The number of carboxylic acid groups (broad SMARTS) is 2. The number of ether oxygens (including phenoxy) is 2. The number of nitrogens with zero attached hydrogens (tertiary/aromatic N) is 1. The molecule has 0 amide bonds. The molecule has 0 radical (unpaired) electrons. The molecule has 2 N–H and O–H groups in total. The van der Waals surface area contributed by atoms with E-state index < -0.39 is 11.9 Å². The van der Waals surface area contributed by atoms with Crippen molar-refractivity contribution in [2.24, 2.45) is 5.41 Å². The second-order valence-corrected chi connectivity index (χ2v) is 6.52. The highest BCUT2D eigenvalue weighted by Gasteiger charge is 2.40. The van der Waals surface area contributed by atoms with E-state index in [2.05, 4.69) is 31.7 Å². The Morgan fingerprint density at radius 2 is 1.70 bits per heavy atom. The van der Waals surface area contributed by atoms with Gasteiger partial charge in [0.1, 0.15) is 5.75 Å². The molecule has 1 aliphatic rings. The Morgan fingerprint density at radius 1 is 1.15 bits per heavy atom. The van der Waals surface area contributed by atoms with E-state index in [-0.39, 0.29) is 5.41 Å². The van der Waals surface area contributed by atoms with E-state index >= 15 is 0 Å². The summed E-state index contributed by atoms with van der Waals surface area (Å²) in [4.78, 5) is 21.6. The van der Waals surface area contributed by atoms with Crippen LogP contribution in [0.25, 0.3) is 0 Å². The number of hydrogen-bond acceptors (Lipinski definition) is 5. The molecule has 7 nitrogen and oxygen atoms in total. The molecule has 1 aliphatic heterocycles. The SMILES string of the molecule is CCN(CC)CC1(COc2ccccc2C)COC1.O=C(O)/C=C\C(=O)O. The van der Waals surface area contributed by atoms with Gasteiger partial charge in [-0.15, -0.1) is 0 Å². The zero-order chi connectivity index (χ0) is 20.3. The van der Waals surface area contributed by atoms with E-state index in [9.17, 15) is 9.59 Å². The number of aliphatic carboxylic acids is 2. The molecule has 1 fully saturated rings. The fourth-order valence-electron chi connectivity index (χ4n) is 2.62. The van der Waals surface area contributed by atoms with E-state index in [0.29, 0.717) is 12.2 Å². The Labute approximate surface area is 160 Å². The van der Waals surface area contributed by atoms with Gasteiger partial charge in [0.2, 0.25) is 0 Å². The summed E-state index contributed by atoms with van der Waals surface area (Å²) in [5.74, 6) is -1.52. The van der Waals surface area contributed by atoms with E-state index in [4.69, 9.17) is 19.7 Å². The summed E-state index contributed by atoms with van der Waals surface area (Å²) in [6, 6.07) is 8.20. The highest BCUT2D eigenvalue weighted by atomic mass is 16.5. The van der Waals surface area contributed by atoms with E-state index in [1.54, 1.807) is 0 Å². The lowest BCUT2D eigenvalue weighted by molar-refractivity contribution is -0.143. The highest BCUT2D eigenvalue weighted by Crippen LogP contribution is 2.30. The van der Waals surface area contributed by atoms with Crippen molar-refractivity contribution < 1.29 is 29.3 Å². The Bertz CT molecular complexity index is 619. The average Bonchev–Trinajstić information content (AvgIpc) is 2.61. The van der Waals surface area contributed by atoms with Gasteiger partial charge in [-0.1, -0.05) is 32.0 Å². The molecule has 0 aromatic heterocycles. The summed E-state index contributed by atoms with van der Waals surface area (Å²) < 4.78 is 11.5. The third-order valence-corrected chi connectivity index (χ3v) is 4.27. The molecule has 2 rings (SSSR count). The fraction of sp³-hybridized carbons (Fsp3) is 0.500. The normalized spacial score (nSPS) is 15.0. The molecule has 0 aliphatic carbocycles. The van der Waals surface area contributed by atoms with Crippen LogP contribution in [0.2, 0.25) is 0 Å². The van der Waals surface area contributed by atoms with Crippen molar-refractivity contribution in [2.45, 2.75) is 20.8 Å². The predicted molar refractivity (Wildman–Crippen MR) is 102 cm³/mol. The summed E-state index contributed by atoms with van der Waals surface area (Å²) in [5, 5.41) is 15.6. The lowest BCUT2D eigenvalue weighted by Gasteiger charge is -2.43. The maximum absolute atomic E-state index is 9.55. The van der Waals surface area contributed by atoms with Crippen molar-refractivity contribution in [2.75, 3.05) is 39.5 Å². The van der Waals surface area contributed by atoms with Crippen LogP contribution in [-0.2, 0) is 14.3 Å². The van der Waals surface area contributed by atoms with E-state index in [0.717, 1.165) is 45.2 Å². The molecule has 0 atom stereocenters. The molecular weight excluding hydrogens is 350 g/mol. The largest absolute Gasteiger partial charge is 0.493 e. The monoisotopic (exact) mass is 379 g/mol. The highest BCUT2D eigenvalue weighted by molar-refractivity contribution is 5.89. The molecule has 0 saturated carbocycles. The summed E-state index contributed by atoms with van der Waals surface area (Å²) in [5.41, 5.74) is 1.37. The van der Waals surface area contributed by atoms with Crippen LogP contribution in [0, 0.1) is 12.3 Å². The Kier molecular flexibility index (Phi) is 9.53. The van der Waals surface area contributed by atoms with Crippen LogP contribution in [0.3, 0.4) is 0 Å². The second kappa shape index (κ2) is 11.4. The van der Waals surface area contributed by atoms with Crippen LogP contribution in [-0.4, -0.2) is 66.5 Å². The van der Waals surface area contributed by atoms with Gasteiger partial charge in [0.05, 0.1) is 25.2 Å². The van der Waals surface area contributed by atoms with Crippen LogP contribution in [0.15, 0.2) is 36.4 Å². The van der Waals surface area contributed by atoms with Crippen molar-refractivity contribution in [1.82, 2.24) is 4.90 Å². The van der Waals surface area contributed by atoms with Crippen molar-refractivity contribution in [3.63, 3.8) is 0 Å². The van der Waals surface area contributed by atoms with Gasteiger partial charge in [0.15, 0.2) is 0 Å². The standard InChI is InChI=1S/C16H25NO2.C4H4O4/c1-4-17(5-2)10-16(11-18-12-16)13-19-15-9-7-6-8-14(15)3;5-3(6)1-2-4(7)8/h6-9H,4-5,10-13H2,1-3H3;1-2H,(H,5,6)(H,7,8)/b;2-1-. The van der Waals surface area contributed by atoms with Gasteiger partial charge >= 0.3 is 11.9 Å². The lowest BCUT2D eigenvalue weighted by Crippen LogP contribution is -2.54. The minimum Gasteiger partial charge on any atom is -0.493 e. The molecule has 7 heteroatoms. The lowest BCUT2D eigenvalue weighted by atomic mass is 9.86. The first kappa shape index (κ1) is 22.7. The maximum atomic E-state index is 9.55. The number of hydrogen-bond donors (Lipinski definition) is 2. The summed E-state index contributed by atoms with van der Waals surface area (Å²) in [6.45, 7) is 12.1. The predicted octanol–water partition coefficient (Wildman–Crippen LogP) is 2.44. The number of para-hydroxylation sites is 1. The Morgan fingerprint density at radius 3 is 2.11 bits per heavy atom. The zero-order valence-corrected chi connectivity index (χ0v) is 16.2. The topological polar surface area (TPSA) is 96.3 Å². The average molecular weight is 379 g/mol. The van der Waals surface area contributed by atoms with Crippen molar-refractivity contribution in [3.8, 4) is 5.75 Å². The Hall–Kier alpha value is -2.38. The molecule has 0 bridgehead atoms. The van der Waals surface area contributed by atoms with Gasteiger partial charge in [-0.25, -0.2) is 9.59 Å². The smallest absolute Gasteiger partial charge is 0.328 e. The van der Waals surface area contributed by atoms with Crippen molar-refractivity contribution >= 4 is 11.9 Å². The first-order valence-electron chi connectivity index (χ1n) is 8.94. The number of carbonyl (C=O) groups is 2. The van der Waals surface area contributed by atoms with Crippen LogP contribution < -0.4 is 4.74 Å². The number of aryl methyl sites for hydroxylation is 1. The van der Waals surface area contributed by atoms with Crippen LogP contribution in [0.1, 0.15) is 19.4 Å². The van der Waals surface area contributed by atoms with Crippen molar-refractivity contribution in [1.29, 1.82) is 0 Å². The number of carboxylic acids is 2. The van der Waals surface area contributed by atoms with Gasteiger partial charge in [0, 0.05) is 18.7 Å². The zero-order valence-electron chi connectivity index (χ0n) is 16.2. The van der Waals surface area contributed by atoms with Crippen LogP contribution in [0.5, 0.6) is 5.75 Å². The van der Waals surface area contributed by atoms with E-state index in [1.807, 2.05) is 18.2 Å². The quantitative estimate of drug-likeness (QED) is 0.636. The third-order valence-electron chi connectivity index (χ3n) is 4.27. The summed E-state index contributed by atoms with van der Waals surface area (Å²) in [7, 11) is 0. The van der Waals surface area contributed by atoms with Gasteiger partial charge in [-0.2, -0.15) is 0 Å².